The Morgan fingerprint density at radius 1 is 1.35 bits per heavy atom. The lowest BCUT2D eigenvalue weighted by atomic mass is 10.2. The Balaban J connectivity index is 2.23. The summed E-state index contributed by atoms with van der Waals surface area (Å²) in [7, 11) is 3.66. The van der Waals surface area contributed by atoms with Crippen molar-refractivity contribution < 1.29 is 4.74 Å². The number of nitrogens with zero attached hydrogens (tertiary/aromatic N) is 3. The number of nitrogens with two attached hydrogens (primary N) is 1. The molecular weight excluding hydrogens is 216 g/mol. The first kappa shape index (κ1) is 12.1. The zero-order valence-electron chi connectivity index (χ0n) is 10.6. The number of rotatable bonds is 5. The summed E-state index contributed by atoms with van der Waals surface area (Å²) in [6.07, 6.45) is 4.16. The van der Waals surface area contributed by atoms with Crippen molar-refractivity contribution in [3.8, 4) is 5.88 Å². The molecule has 0 aliphatic heterocycles. The molecule has 0 aromatic carbocycles. The average Bonchev–Trinajstić information content (AvgIpc) is 2.82. The Bertz CT molecular complexity index is 394. The lowest BCUT2D eigenvalue weighted by Gasteiger charge is -2.18. The molecule has 5 heteroatoms. The Hall–Kier alpha value is -1.36. The average molecular weight is 236 g/mol. The molecule has 0 atom stereocenters. The minimum atomic E-state index is 0.687. The van der Waals surface area contributed by atoms with Crippen molar-refractivity contribution in [2.45, 2.75) is 25.7 Å². The zero-order valence-corrected chi connectivity index (χ0v) is 10.6. The van der Waals surface area contributed by atoms with Crippen molar-refractivity contribution in [2.75, 3.05) is 32.1 Å². The number of hydrogen-bond donors (Lipinski definition) is 1. The molecule has 0 unspecified atom stereocenters. The van der Waals surface area contributed by atoms with E-state index in [0.717, 1.165) is 49.8 Å². The fourth-order valence-electron chi connectivity index (χ4n) is 2.15. The van der Waals surface area contributed by atoms with Crippen molar-refractivity contribution >= 4 is 5.95 Å². The van der Waals surface area contributed by atoms with E-state index >= 15 is 0 Å². The van der Waals surface area contributed by atoms with Gasteiger partial charge in [-0.15, -0.1) is 0 Å². The monoisotopic (exact) mass is 236 g/mol. The highest BCUT2D eigenvalue weighted by Gasteiger charge is 2.20. The first-order valence-electron chi connectivity index (χ1n) is 6.11. The van der Waals surface area contributed by atoms with Crippen molar-refractivity contribution in [1.29, 1.82) is 0 Å². The predicted octanol–water partition coefficient (Wildman–Crippen LogP) is 0.759. The molecular formula is C12H20N4O. The van der Waals surface area contributed by atoms with Gasteiger partial charge >= 0.3 is 0 Å². The molecule has 0 saturated carbocycles. The van der Waals surface area contributed by atoms with Gasteiger partial charge in [-0.1, -0.05) is 0 Å². The topological polar surface area (TPSA) is 64.3 Å². The normalized spacial score (nSPS) is 13.6. The lowest BCUT2D eigenvalue weighted by molar-refractivity contribution is 0.392. The summed E-state index contributed by atoms with van der Waals surface area (Å²) in [5, 5.41) is 0. The third kappa shape index (κ3) is 2.49. The van der Waals surface area contributed by atoms with Crippen LogP contribution in [0.2, 0.25) is 0 Å². The summed E-state index contributed by atoms with van der Waals surface area (Å²) in [6, 6.07) is 0. The van der Waals surface area contributed by atoms with E-state index in [4.69, 9.17) is 10.5 Å². The van der Waals surface area contributed by atoms with Gasteiger partial charge < -0.3 is 15.4 Å². The summed E-state index contributed by atoms with van der Waals surface area (Å²) in [5.41, 5.74) is 7.84. The Morgan fingerprint density at radius 3 is 2.88 bits per heavy atom. The summed E-state index contributed by atoms with van der Waals surface area (Å²) >= 11 is 0. The van der Waals surface area contributed by atoms with Crippen LogP contribution in [0.3, 0.4) is 0 Å². The Labute approximate surface area is 102 Å². The van der Waals surface area contributed by atoms with Gasteiger partial charge in [-0.05, 0) is 32.2 Å². The third-order valence-corrected chi connectivity index (χ3v) is 3.12. The maximum atomic E-state index is 5.51. The van der Waals surface area contributed by atoms with E-state index < -0.39 is 0 Å². The number of aromatic nitrogens is 2. The molecule has 2 N–H and O–H groups in total. The maximum Gasteiger partial charge on any atom is 0.228 e. The van der Waals surface area contributed by atoms with Crippen LogP contribution in [0.1, 0.15) is 24.1 Å². The number of ether oxygens (including phenoxy) is 1. The minimum Gasteiger partial charge on any atom is -0.481 e. The highest BCUT2D eigenvalue weighted by molar-refractivity contribution is 5.42. The van der Waals surface area contributed by atoms with Crippen LogP contribution in [-0.4, -0.2) is 37.2 Å². The van der Waals surface area contributed by atoms with Crippen LogP contribution in [0.15, 0.2) is 0 Å². The quantitative estimate of drug-likeness (QED) is 0.817. The molecule has 5 nitrogen and oxygen atoms in total. The van der Waals surface area contributed by atoms with E-state index in [9.17, 15) is 0 Å². The van der Waals surface area contributed by atoms with E-state index in [-0.39, 0.29) is 0 Å². The van der Waals surface area contributed by atoms with Gasteiger partial charge in [-0.3, -0.25) is 0 Å². The van der Waals surface area contributed by atoms with Crippen LogP contribution in [0.4, 0.5) is 5.95 Å². The van der Waals surface area contributed by atoms with Crippen LogP contribution in [0, 0.1) is 0 Å². The van der Waals surface area contributed by atoms with Gasteiger partial charge in [0.25, 0.3) is 0 Å². The second-order valence-electron chi connectivity index (χ2n) is 4.38. The molecule has 17 heavy (non-hydrogen) atoms. The van der Waals surface area contributed by atoms with Crippen LogP contribution in [-0.2, 0) is 12.8 Å². The molecule has 0 fully saturated rings. The summed E-state index contributed by atoms with van der Waals surface area (Å²) in [6.45, 7) is 1.56. The van der Waals surface area contributed by atoms with Crippen LogP contribution in [0.5, 0.6) is 5.88 Å². The largest absolute Gasteiger partial charge is 0.481 e. The summed E-state index contributed by atoms with van der Waals surface area (Å²) < 4.78 is 5.35. The second-order valence-corrected chi connectivity index (χ2v) is 4.38. The van der Waals surface area contributed by atoms with Gasteiger partial charge in [0, 0.05) is 19.2 Å². The van der Waals surface area contributed by atoms with Gasteiger partial charge in [0.2, 0.25) is 11.8 Å². The van der Waals surface area contributed by atoms with Crippen molar-refractivity contribution in [3.63, 3.8) is 0 Å². The molecule has 94 valence electrons. The molecule has 0 saturated heterocycles. The molecule has 1 heterocycles. The van der Waals surface area contributed by atoms with Gasteiger partial charge in [0.05, 0.1) is 12.8 Å². The van der Waals surface area contributed by atoms with Crippen molar-refractivity contribution in [3.05, 3.63) is 11.3 Å². The molecule has 1 aromatic rings. The number of anilines is 1. The highest BCUT2D eigenvalue weighted by atomic mass is 16.5. The number of aryl methyl sites for hydroxylation is 1. The predicted molar refractivity (Wildman–Crippen MR) is 67.6 cm³/mol. The van der Waals surface area contributed by atoms with Crippen LogP contribution >= 0.6 is 0 Å². The fraction of sp³-hybridized carbons (Fsp3) is 0.667. The summed E-state index contributed by atoms with van der Waals surface area (Å²) in [4.78, 5) is 11.1. The van der Waals surface area contributed by atoms with Crippen LogP contribution in [0.25, 0.3) is 0 Å². The Kier molecular flexibility index (Phi) is 3.78. The smallest absolute Gasteiger partial charge is 0.228 e. The van der Waals surface area contributed by atoms with Crippen molar-refractivity contribution in [2.24, 2.45) is 5.73 Å². The summed E-state index contributed by atoms with van der Waals surface area (Å²) in [5.74, 6) is 1.48. The number of hydrogen-bond acceptors (Lipinski definition) is 5. The van der Waals surface area contributed by atoms with Gasteiger partial charge in [0.1, 0.15) is 0 Å². The fourth-order valence-corrected chi connectivity index (χ4v) is 2.15. The van der Waals surface area contributed by atoms with Crippen LogP contribution < -0.4 is 15.4 Å². The first-order valence-corrected chi connectivity index (χ1v) is 6.11. The van der Waals surface area contributed by atoms with Crippen molar-refractivity contribution in [1.82, 2.24) is 9.97 Å². The van der Waals surface area contributed by atoms with E-state index in [1.165, 1.54) is 5.56 Å². The highest BCUT2D eigenvalue weighted by Crippen LogP contribution is 2.29. The molecule has 2 rings (SSSR count). The molecule has 0 bridgehead atoms. The molecule has 1 aromatic heterocycles. The standard InChI is InChI=1S/C12H20N4O/c1-16(8-4-7-13)12-14-10-6-3-5-9(10)11(15-12)17-2/h3-8,13H2,1-2H3. The lowest BCUT2D eigenvalue weighted by Crippen LogP contribution is -2.23. The van der Waals surface area contributed by atoms with Gasteiger partial charge in [-0.25, -0.2) is 4.98 Å². The minimum absolute atomic E-state index is 0.687. The molecule has 1 aliphatic carbocycles. The van der Waals surface area contributed by atoms with E-state index in [1.54, 1.807) is 7.11 Å². The van der Waals surface area contributed by atoms with E-state index in [2.05, 4.69) is 9.97 Å². The van der Waals surface area contributed by atoms with Gasteiger partial charge in [-0.2, -0.15) is 4.98 Å². The molecule has 1 aliphatic rings. The van der Waals surface area contributed by atoms with E-state index in [1.807, 2.05) is 11.9 Å². The number of methoxy groups -OCH3 is 1. The molecule has 0 spiro atoms. The second kappa shape index (κ2) is 5.31. The van der Waals surface area contributed by atoms with E-state index in [0.29, 0.717) is 6.54 Å². The SMILES string of the molecule is COc1nc(N(C)CCCN)nc2c1CCC2. The van der Waals surface area contributed by atoms with Gasteiger partial charge in [0.15, 0.2) is 0 Å². The molecule has 0 radical (unpaired) electrons. The zero-order chi connectivity index (χ0) is 12.3. The maximum absolute atomic E-state index is 5.51. The first-order chi connectivity index (χ1) is 8.26. The number of fused-ring (bicyclic) bond motifs is 1. The molecule has 0 amide bonds. The third-order valence-electron chi connectivity index (χ3n) is 3.12. The Morgan fingerprint density at radius 2 is 2.18 bits per heavy atom.